The van der Waals surface area contributed by atoms with Gasteiger partial charge in [0, 0.05) is 19.6 Å². The summed E-state index contributed by atoms with van der Waals surface area (Å²) in [5, 5.41) is 3.21. The molecule has 0 fully saturated rings. The number of rotatable bonds is 6. The minimum atomic E-state index is 0.678. The van der Waals surface area contributed by atoms with Crippen LogP contribution >= 0.6 is 0 Å². The molecule has 0 aromatic carbocycles. The van der Waals surface area contributed by atoms with Gasteiger partial charge in [-0.05, 0) is 12.5 Å². The fraction of sp³-hybridized carbons (Fsp3) is 0.400. The third-order valence-electron chi connectivity index (χ3n) is 1.36. The fourth-order valence-electron chi connectivity index (χ4n) is 0.874. The molecule has 0 amide bonds. The van der Waals surface area contributed by atoms with Crippen molar-refractivity contribution in [3.05, 3.63) is 36.5 Å². The maximum Gasteiger partial charge on any atom is 0.0205 e. The largest absolute Gasteiger partial charge is 0.329 e. The summed E-state index contributed by atoms with van der Waals surface area (Å²) in [5.41, 5.74) is 6.57. The summed E-state index contributed by atoms with van der Waals surface area (Å²) in [6.07, 6.45) is 7.85. The van der Waals surface area contributed by atoms with Gasteiger partial charge < -0.3 is 11.1 Å². The molecule has 0 rings (SSSR count). The molecule has 0 aromatic rings. The molecule has 0 saturated heterocycles. The average molecular weight is 166 g/mol. The van der Waals surface area contributed by atoms with E-state index < -0.39 is 0 Å². The van der Waals surface area contributed by atoms with Crippen molar-refractivity contribution in [1.29, 1.82) is 0 Å². The van der Waals surface area contributed by atoms with E-state index in [4.69, 9.17) is 5.73 Å². The summed E-state index contributed by atoms with van der Waals surface area (Å²) < 4.78 is 0. The Morgan fingerprint density at radius 1 is 1.58 bits per heavy atom. The van der Waals surface area contributed by atoms with Crippen LogP contribution in [0.25, 0.3) is 0 Å². The van der Waals surface area contributed by atoms with Gasteiger partial charge >= 0.3 is 0 Å². The summed E-state index contributed by atoms with van der Waals surface area (Å²) in [7, 11) is 0. The molecule has 0 bridgehead atoms. The van der Waals surface area contributed by atoms with Gasteiger partial charge in [0.15, 0.2) is 0 Å². The molecule has 0 radical (unpaired) electrons. The van der Waals surface area contributed by atoms with E-state index in [1.54, 1.807) is 6.08 Å². The van der Waals surface area contributed by atoms with E-state index in [0.29, 0.717) is 6.54 Å². The molecule has 0 aliphatic rings. The van der Waals surface area contributed by atoms with Gasteiger partial charge in [0.1, 0.15) is 0 Å². The van der Waals surface area contributed by atoms with E-state index in [1.807, 2.05) is 19.1 Å². The molecule has 0 saturated carbocycles. The second-order valence-electron chi connectivity index (χ2n) is 2.44. The second kappa shape index (κ2) is 8.24. The maximum atomic E-state index is 5.34. The van der Waals surface area contributed by atoms with E-state index >= 15 is 0 Å². The van der Waals surface area contributed by atoms with Crippen LogP contribution in [0.15, 0.2) is 36.5 Å². The standard InChI is InChI=1S/C10H18N2/c1-3-5-10(6-4-2)9-12-8-7-11/h3-6,12H,1,7-9,11H2,2H3/b6-4-,10-5+. The summed E-state index contributed by atoms with van der Waals surface area (Å²) in [4.78, 5) is 0. The molecule has 68 valence electrons. The average Bonchev–Trinajstić information content (AvgIpc) is 2.06. The first-order chi connectivity index (χ1) is 5.85. The third kappa shape index (κ3) is 5.89. The second-order valence-corrected chi connectivity index (χ2v) is 2.44. The predicted molar refractivity (Wildman–Crippen MR) is 55.0 cm³/mol. The van der Waals surface area contributed by atoms with E-state index in [-0.39, 0.29) is 0 Å². The van der Waals surface area contributed by atoms with Crippen LogP contribution in [-0.4, -0.2) is 19.6 Å². The monoisotopic (exact) mass is 166 g/mol. The Bertz CT molecular complexity index is 169. The minimum absolute atomic E-state index is 0.678. The molecule has 2 nitrogen and oxygen atoms in total. The molecule has 0 heterocycles. The van der Waals surface area contributed by atoms with Gasteiger partial charge in [0.05, 0.1) is 0 Å². The number of hydrogen-bond acceptors (Lipinski definition) is 2. The van der Waals surface area contributed by atoms with Crippen LogP contribution in [0.1, 0.15) is 6.92 Å². The topological polar surface area (TPSA) is 38.0 Å². The first-order valence-corrected chi connectivity index (χ1v) is 4.20. The molecule has 2 heteroatoms. The van der Waals surface area contributed by atoms with Crippen LogP contribution in [0.4, 0.5) is 0 Å². The number of allylic oxidation sites excluding steroid dienone is 3. The Kier molecular flexibility index (Phi) is 7.65. The van der Waals surface area contributed by atoms with E-state index in [2.05, 4.69) is 18.0 Å². The fourth-order valence-corrected chi connectivity index (χ4v) is 0.874. The summed E-state index contributed by atoms with van der Waals surface area (Å²) >= 11 is 0. The van der Waals surface area contributed by atoms with Crippen molar-refractivity contribution in [2.75, 3.05) is 19.6 Å². The van der Waals surface area contributed by atoms with E-state index in [9.17, 15) is 0 Å². The van der Waals surface area contributed by atoms with Gasteiger partial charge in [-0.25, -0.2) is 0 Å². The molecule has 0 aliphatic heterocycles. The van der Waals surface area contributed by atoms with Gasteiger partial charge in [-0.2, -0.15) is 0 Å². The van der Waals surface area contributed by atoms with Crippen molar-refractivity contribution in [3.8, 4) is 0 Å². The van der Waals surface area contributed by atoms with Gasteiger partial charge in [-0.1, -0.05) is 30.9 Å². The lowest BCUT2D eigenvalue weighted by atomic mass is 10.2. The van der Waals surface area contributed by atoms with Crippen LogP contribution < -0.4 is 11.1 Å². The molecule has 0 spiro atoms. The lowest BCUT2D eigenvalue weighted by Gasteiger charge is -2.02. The molecule has 12 heavy (non-hydrogen) atoms. The number of hydrogen-bond donors (Lipinski definition) is 2. The van der Waals surface area contributed by atoms with E-state index in [0.717, 1.165) is 13.1 Å². The van der Waals surface area contributed by atoms with Crippen LogP contribution in [0, 0.1) is 0 Å². The Morgan fingerprint density at radius 3 is 2.83 bits per heavy atom. The highest BCUT2D eigenvalue weighted by molar-refractivity contribution is 5.23. The third-order valence-corrected chi connectivity index (χ3v) is 1.36. The molecule has 3 N–H and O–H groups in total. The summed E-state index contributed by atoms with van der Waals surface area (Å²) in [6, 6.07) is 0. The van der Waals surface area contributed by atoms with Gasteiger partial charge in [0.25, 0.3) is 0 Å². The zero-order chi connectivity index (χ0) is 9.23. The van der Waals surface area contributed by atoms with Crippen LogP contribution in [0.2, 0.25) is 0 Å². The first kappa shape index (κ1) is 11.1. The maximum absolute atomic E-state index is 5.34. The Morgan fingerprint density at radius 2 is 2.33 bits per heavy atom. The molecule has 0 atom stereocenters. The molecule has 0 aliphatic carbocycles. The number of nitrogens with one attached hydrogen (secondary N) is 1. The lowest BCUT2D eigenvalue weighted by molar-refractivity contribution is 0.743. The highest BCUT2D eigenvalue weighted by atomic mass is 14.9. The normalized spacial score (nSPS) is 12.3. The zero-order valence-electron chi connectivity index (χ0n) is 7.72. The summed E-state index contributed by atoms with van der Waals surface area (Å²) in [6.45, 7) is 8.03. The van der Waals surface area contributed by atoms with Gasteiger partial charge in [-0.15, -0.1) is 0 Å². The SMILES string of the molecule is C=C/C=C(\C=C/C)CNCCN. The molecular weight excluding hydrogens is 148 g/mol. The highest BCUT2D eigenvalue weighted by Crippen LogP contribution is 1.94. The van der Waals surface area contributed by atoms with Crippen molar-refractivity contribution < 1.29 is 0 Å². The molecule has 0 aromatic heterocycles. The quantitative estimate of drug-likeness (QED) is 0.460. The Labute approximate surface area is 74.8 Å². The highest BCUT2D eigenvalue weighted by Gasteiger charge is 1.88. The molecule has 0 unspecified atom stereocenters. The van der Waals surface area contributed by atoms with Crippen molar-refractivity contribution in [3.63, 3.8) is 0 Å². The predicted octanol–water partition coefficient (Wildman–Crippen LogP) is 1.22. The van der Waals surface area contributed by atoms with Crippen LogP contribution in [-0.2, 0) is 0 Å². The van der Waals surface area contributed by atoms with Crippen LogP contribution in [0.3, 0.4) is 0 Å². The van der Waals surface area contributed by atoms with Crippen LogP contribution in [0.5, 0.6) is 0 Å². The van der Waals surface area contributed by atoms with Crippen molar-refractivity contribution in [2.24, 2.45) is 5.73 Å². The molecular formula is C10H18N2. The Balaban J connectivity index is 3.79. The van der Waals surface area contributed by atoms with Crippen molar-refractivity contribution >= 4 is 0 Å². The van der Waals surface area contributed by atoms with Gasteiger partial charge in [-0.3, -0.25) is 0 Å². The van der Waals surface area contributed by atoms with E-state index in [1.165, 1.54) is 5.57 Å². The zero-order valence-corrected chi connectivity index (χ0v) is 7.72. The lowest BCUT2D eigenvalue weighted by Crippen LogP contribution is -2.24. The number of nitrogens with two attached hydrogens (primary N) is 1. The van der Waals surface area contributed by atoms with Crippen molar-refractivity contribution in [2.45, 2.75) is 6.92 Å². The Hall–Kier alpha value is -0.860. The summed E-state index contributed by atoms with van der Waals surface area (Å²) in [5.74, 6) is 0. The van der Waals surface area contributed by atoms with Gasteiger partial charge in [0.2, 0.25) is 0 Å². The smallest absolute Gasteiger partial charge is 0.0205 e. The van der Waals surface area contributed by atoms with Crippen molar-refractivity contribution in [1.82, 2.24) is 5.32 Å². The first-order valence-electron chi connectivity index (χ1n) is 4.20. The minimum Gasteiger partial charge on any atom is -0.329 e.